The lowest BCUT2D eigenvalue weighted by atomic mass is 9.33. The molecule has 2 aliphatic heterocycles. The first-order valence-electron chi connectivity index (χ1n) is 19.3. The van der Waals surface area contributed by atoms with Gasteiger partial charge >= 0.3 is 0 Å². The van der Waals surface area contributed by atoms with Crippen molar-refractivity contribution >= 4 is 11.7 Å². The van der Waals surface area contributed by atoms with Crippen LogP contribution in [0.2, 0.25) is 0 Å². The Balaban J connectivity index is 1.22. The SMILES string of the molecule is CC(C)C1=C2[C@H]3CCC4[C@@]5(C)CC[C@H](O)C(C)(C)C5CC[C@@]4(C)[C@]3(C)CC[C@@]2(C(=O)N2CCC[C@H]2CN2CCC(F)(F)CC2)CC1=O. The van der Waals surface area contributed by atoms with Gasteiger partial charge in [0.15, 0.2) is 5.78 Å². The monoisotopic (exact) mass is 656 g/mol. The highest BCUT2D eigenvalue weighted by atomic mass is 19.3. The van der Waals surface area contributed by atoms with E-state index in [-0.39, 0.29) is 70.2 Å². The normalized spacial score (nSPS) is 46.2. The average molecular weight is 657 g/mol. The van der Waals surface area contributed by atoms with Gasteiger partial charge < -0.3 is 14.9 Å². The van der Waals surface area contributed by atoms with Crippen LogP contribution in [-0.4, -0.2) is 70.8 Å². The third-order valence-corrected chi connectivity index (χ3v) is 16.5. The van der Waals surface area contributed by atoms with E-state index < -0.39 is 11.3 Å². The molecule has 0 aromatic rings. The summed E-state index contributed by atoms with van der Waals surface area (Å²) in [6.07, 6.45) is 9.78. The Labute approximate surface area is 282 Å². The molecule has 5 nitrogen and oxygen atoms in total. The van der Waals surface area contributed by atoms with Gasteiger partial charge in [-0.25, -0.2) is 8.78 Å². The molecule has 264 valence electrons. The van der Waals surface area contributed by atoms with Crippen LogP contribution < -0.4 is 0 Å². The minimum atomic E-state index is -2.58. The average Bonchev–Trinajstić information content (AvgIpc) is 3.58. The highest BCUT2D eigenvalue weighted by Crippen LogP contribution is 2.76. The van der Waals surface area contributed by atoms with Crippen molar-refractivity contribution in [2.75, 3.05) is 26.2 Å². The predicted octanol–water partition coefficient (Wildman–Crippen LogP) is 8.05. The number of Topliss-reactive ketones (excluding diaryl/α,β-unsaturated/α-hetero) is 1. The van der Waals surface area contributed by atoms with E-state index in [1.165, 1.54) is 5.57 Å². The fraction of sp³-hybridized carbons (Fsp3) is 0.900. The second-order valence-corrected chi connectivity index (χ2v) is 19.1. The molecule has 4 saturated carbocycles. The fourth-order valence-corrected chi connectivity index (χ4v) is 13.8. The summed E-state index contributed by atoms with van der Waals surface area (Å²) in [5.41, 5.74) is 1.60. The summed E-state index contributed by atoms with van der Waals surface area (Å²) in [5.74, 6) is -0.867. The number of hydrogen-bond donors (Lipinski definition) is 1. The third kappa shape index (κ3) is 4.76. The number of hydrogen-bond acceptors (Lipinski definition) is 4. The van der Waals surface area contributed by atoms with E-state index in [4.69, 9.17) is 0 Å². The molecule has 0 radical (unpaired) electrons. The topological polar surface area (TPSA) is 60.9 Å². The second kappa shape index (κ2) is 11.1. The van der Waals surface area contributed by atoms with Gasteiger partial charge in [-0.3, -0.25) is 9.59 Å². The zero-order valence-electron chi connectivity index (χ0n) is 30.4. The van der Waals surface area contributed by atoms with E-state index in [0.717, 1.165) is 69.8 Å². The van der Waals surface area contributed by atoms with E-state index in [0.29, 0.717) is 44.4 Å². The van der Waals surface area contributed by atoms with Crippen LogP contribution in [0.25, 0.3) is 0 Å². The van der Waals surface area contributed by atoms with Gasteiger partial charge in [0.2, 0.25) is 5.91 Å². The molecule has 47 heavy (non-hydrogen) atoms. The largest absolute Gasteiger partial charge is 0.393 e. The minimum Gasteiger partial charge on any atom is -0.393 e. The van der Waals surface area contributed by atoms with Gasteiger partial charge in [-0.2, -0.15) is 0 Å². The van der Waals surface area contributed by atoms with Crippen molar-refractivity contribution in [1.82, 2.24) is 9.80 Å². The Hall–Kier alpha value is -1.34. The molecule has 9 atom stereocenters. The summed E-state index contributed by atoms with van der Waals surface area (Å²) in [5, 5.41) is 11.1. The molecule has 0 aromatic heterocycles. The van der Waals surface area contributed by atoms with Crippen molar-refractivity contribution in [3.05, 3.63) is 11.1 Å². The number of likely N-dealkylation sites (tertiary alicyclic amines) is 2. The molecule has 5 aliphatic carbocycles. The first-order chi connectivity index (χ1) is 21.9. The number of carbonyl (C=O) groups is 2. The molecule has 7 rings (SSSR count). The lowest BCUT2D eigenvalue weighted by Gasteiger charge is -2.72. The number of fused-ring (bicyclic) bond motifs is 7. The molecule has 0 aromatic carbocycles. The van der Waals surface area contributed by atoms with Crippen molar-refractivity contribution in [3.8, 4) is 0 Å². The van der Waals surface area contributed by atoms with Gasteiger partial charge in [-0.05, 0) is 121 Å². The van der Waals surface area contributed by atoms with E-state index in [9.17, 15) is 18.7 Å². The van der Waals surface area contributed by atoms with Gasteiger partial charge in [0.05, 0.1) is 11.5 Å². The molecular formula is C40H62F2N2O3. The van der Waals surface area contributed by atoms with E-state index >= 15 is 4.79 Å². The second-order valence-electron chi connectivity index (χ2n) is 19.1. The van der Waals surface area contributed by atoms with Crippen LogP contribution in [0, 0.1) is 50.7 Å². The molecule has 2 unspecified atom stereocenters. The summed E-state index contributed by atoms with van der Waals surface area (Å²) < 4.78 is 27.9. The van der Waals surface area contributed by atoms with Crippen LogP contribution in [0.1, 0.15) is 132 Å². The summed E-state index contributed by atoms with van der Waals surface area (Å²) >= 11 is 0. The van der Waals surface area contributed by atoms with Crippen LogP contribution in [0.4, 0.5) is 8.78 Å². The number of halogens is 2. The van der Waals surface area contributed by atoms with Crippen LogP contribution in [-0.2, 0) is 9.59 Å². The Bertz CT molecular complexity index is 1330. The van der Waals surface area contributed by atoms with Crippen LogP contribution in [0.5, 0.6) is 0 Å². The number of ketones is 1. The molecule has 1 amide bonds. The first kappa shape index (κ1) is 34.1. The number of carbonyl (C=O) groups excluding carboxylic acids is 2. The van der Waals surface area contributed by atoms with Crippen molar-refractivity contribution in [3.63, 3.8) is 0 Å². The van der Waals surface area contributed by atoms with Crippen molar-refractivity contribution in [2.45, 2.75) is 150 Å². The molecule has 7 aliphatic rings. The van der Waals surface area contributed by atoms with Crippen molar-refractivity contribution < 1.29 is 23.5 Å². The smallest absolute Gasteiger partial charge is 0.250 e. The Morgan fingerprint density at radius 1 is 0.851 bits per heavy atom. The highest BCUT2D eigenvalue weighted by Gasteiger charge is 2.71. The predicted molar refractivity (Wildman–Crippen MR) is 181 cm³/mol. The molecule has 0 spiro atoms. The number of rotatable bonds is 4. The number of piperidine rings is 1. The van der Waals surface area contributed by atoms with Gasteiger partial charge in [0, 0.05) is 51.5 Å². The molecule has 7 heteroatoms. The Morgan fingerprint density at radius 3 is 2.23 bits per heavy atom. The molecular weight excluding hydrogens is 594 g/mol. The highest BCUT2D eigenvalue weighted by molar-refractivity contribution is 6.07. The summed E-state index contributed by atoms with van der Waals surface area (Å²) in [7, 11) is 0. The van der Waals surface area contributed by atoms with Gasteiger partial charge in [0.1, 0.15) is 0 Å². The minimum absolute atomic E-state index is 0.00256. The number of nitrogens with zero attached hydrogens (tertiary/aromatic N) is 2. The van der Waals surface area contributed by atoms with E-state index in [1.54, 1.807) is 0 Å². The van der Waals surface area contributed by atoms with E-state index in [2.05, 4.69) is 58.3 Å². The van der Waals surface area contributed by atoms with Crippen LogP contribution >= 0.6 is 0 Å². The van der Waals surface area contributed by atoms with Crippen molar-refractivity contribution in [2.24, 2.45) is 50.7 Å². The van der Waals surface area contributed by atoms with Gasteiger partial charge in [0.25, 0.3) is 5.92 Å². The first-order valence-corrected chi connectivity index (χ1v) is 19.3. The van der Waals surface area contributed by atoms with E-state index in [1.807, 2.05) is 0 Å². The number of amides is 1. The maximum Gasteiger partial charge on any atom is 0.250 e. The van der Waals surface area contributed by atoms with Crippen LogP contribution in [0.3, 0.4) is 0 Å². The molecule has 0 bridgehead atoms. The Morgan fingerprint density at radius 2 is 1.55 bits per heavy atom. The quantitative estimate of drug-likeness (QED) is 0.333. The molecule has 2 saturated heterocycles. The molecule has 2 heterocycles. The molecule has 6 fully saturated rings. The Kier molecular flexibility index (Phi) is 8.04. The lowest BCUT2D eigenvalue weighted by molar-refractivity contribution is -0.228. The number of allylic oxidation sites excluding steroid dienone is 1. The molecule has 1 N–H and O–H groups in total. The summed E-state index contributed by atoms with van der Waals surface area (Å²) in [6, 6.07) is 0.0323. The van der Waals surface area contributed by atoms with Gasteiger partial charge in [-0.15, -0.1) is 0 Å². The third-order valence-electron chi connectivity index (χ3n) is 16.5. The summed E-state index contributed by atoms with van der Waals surface area (Å²) in [4.78, 5) is 33.5. The fourth-order valence-electron chi connectivity index (χ4n) is 13.8. The number of aliphatic hydroxyl groups is 1. The van der Waals surface area contributed by atoms with Crippen LogP contribution in [0.15, 0.2) is 11.1 Å². The number of aliphatic hydroxyl groups excluding tert-OH is 1. The number of alkyl halides is 2. The maximum absolute atomic E-state index is 15.1. The summed E-state index contributed by atoms with van der Waals surface area (Å²) in [6.45, 7) is 18.7. The maximum atomic E-state index is 15.1. The standard InChI is InChI=1S/C40H62F2N2O3/c1-25(2)32-28(45)23-39(34(47)44-20-8-9-26(44)24-43-21-18-40(41,42)19-22-43)17-16-37(6)27(33(32)39)10-11-30-36(5)14-13-31(46)35(3,4)29(36)12-15-38(30,37)7/h25-27,29-31,46H,8-24H2,1-7H3/t26-,27+,29?,30?,31-,36-,37+,38+,39+/m0/s1. The zero-order valence-corrected chi connectivity index (χ0v) is 30.4. The lowest BCUT2D eigenvalue weighted by Crippen LogP contribution is -2.66. The van der Waals surface area contributed by atoms with Gasteiger partial charge in [-0.1, -0.05) is 48.5 Å². The zero-order chi connectivity index (χ0) is 33.9. The van der Waals surface area contributed by atoms with Crippen molar-refractivity contribution in [1.29, 1.82) is 0 Å².